The molecule has 13 heteroatoms. The van der Waals surface area contributed by atoms with Crippen molar-refractivity contribution in [3.8, 4) is 23.0 Å². The molecule has 2 aromatic carbocycles. The van der Waals surface area contributed by atoms with Crippen LogP contribution in [0.5, 0.6) is 23.0 Å². The van der Waals surface area contributed by atoms with Crippen molar-refractivity contribution < 1.29 is 19.7 Å². The topological polar surface area (TPSA) is 111 Å². The molecule has 2 rings (SSSR count). The molecule has 6 N–H and O–H groups in total. The molecule has 0 aliphatic rings. The van der Waals surface area contributed by atoms with E-state index in [2.05, 4.69) is 47.3 Å². The van der Waals surface area contributed by atoms with Crippen molar-refractivity contribution in [2.45, 2.75) is 9.79 Å². The normalized spacial score (nSPS) is 9.26. The number of rotatable bonds is 8. The number of hydrogen-bond acceptors (Lipinski definition) is 8. The first kappa shape index (κ1) is 33.2. The van der Waals surface area contributed by atoms with Gasteiger partial charge >= 0.3 is 3.18 Å². The maximum absolute atomic E-state index is 9.10. The Kier molecular flexibility index (Phi) is 22.1. The molecule has 0 bridgehead atoms. The van der Waals surface area contributed by atoms with Crippen molar-refractivity contribution in [3.63, 3.8) is 0 Å². The summed E-state index contributed by atoms with van der Waals surface area (Å²) in [6.07, 6.45) is 0. The van der Waals surface area contributed by atoms with Crippen LogP contribution >= 0.6 is 83.2 Å². The predicted octanol–water partition coefficient (Wildman–Crippen LogP) is 5.48. The summed E-state index contributed by atoms with van der Waals surface area (Å²) in [6.45, 7) is 1.28. The highest BCUT2D eigenvalue weighted by molar-refractivity contribution is 9.69. The van der Waals surface area contributed by atoms with Crippen molar-refractivity contribution in [3.05, 3.63) is 36.4 Å². The zero-order chi connectivity index (χ0) is 22.9. The molecule has 0 saturated heterocycles. The predicted molar refractivity (Wildman–Crippen MR) is 149 cm³/mol. The Hall–Kier alpha value is 0.0549. The summed E-state index contributed by atoms with van der Waals surface area (Å²) >= 11 is 12.6. The van der Waals surface area contributed by atoms with Gasteiger partial charge in [-0.1, -0.05) is 0 Å². The smallest absolute Gasteiger partial charge is 0.369 e. The summed E-state index contributed by atoms with van der Waals surface area (Å²) in [5, 5.41) is 18.1. The summed E-state index contributed by atoms with van der Waals surface area (Å²) in [4.78, 5) is 2.06. The van der Waals surface area contributed by atoms with Crippen LogP contribution < -0.4 is 20.9 Å². The number of halogens is 4. The zero-order valence-electron chi connectivity index (χ0n) is 17.1. The standard InChI is InChI=1S/C10H15NO2S.C8H11NO2S.BBr3.ClH/c1-12-9-4-3-8(14-6-5-11)7-10(9)13-2;9-3-4-12-6-1-2-7(10)8(11)5-6;2-1(3)4;/h3-4,7H,5-6,11H2,1-2H3;1-2,5,10-11H,3-4,9H2;;1H. The third kappa shape index (κ3) is 16.3. The minimum Gasteiger partial charge on any atom is -0.504 e. The monoisotopic (exact) mass is 682 g/mol. The van der Waals surface area contributed by atoms with Gasteiger partial charge in [-0.15, -0.1) is 83.2 Å². The highest BCUT2D eigenvalue weighted by Crippen LogP contribution is 2.31. The third-order valence-electron chi connectivity index (χ3n) is 3.08. The van der Waals surface area contributed by atoms with Gasteiger partial charge in [-0.25, -0.2) is 0 Å². The van der Waals surface area contributed by atoms with Crippen LogP contribution in [0.25, 0.3) is 0 Å². The summed E-state index contributed by atoms with van der Waals surface area (Å²) < 4.78 is 10.6. The lowest BCUT2D eigenvalue weighted by molar-refractivity contribution is 0.354. The number of benzene rings is 2. The minimum atomic E-state index is -0.0906. The van der Waals surface area contributed by atoms with E-state index in [0.29, 0.717) is 13.1 Å². The van der Waals surface area contributed by atoms with E-state index in [-0.39, 0.29) is 27.1 Å². The average molecular weight is 686 g/mol. The van der Waals surface area contributed by atoms with E-state index in [4.69, 9.17) is 31.2 Å². The molecule has 0 aliphatic carbocycles. The molecule has 0 atom stereocenters. The van der Waals surface area contributed by atoms with Crippen molar-refractivity contribution in [1.29, 1.82) is 0 Å². The first-order chi connectivity index (χ1) is 14.3. The number of aromatic hydroxyl groups is 2. The molecule has 0 saturated carbocycles. The molecule has 0 unspecified atom stereocenters. The Morgan fingerprint density at radius 3 is 1.68 bits per heavy atom. The molecule has 0 aliphatic heterocycles. The summed E-state index contributed by atoms with van der Waals surface area (Å²) in [6, 6.07) is 10.6. The second kappa shape index (κ2) is 20.6. The van der Waals surface area contributed by atoms with Crippen LogP contribution in [0.3, 0.4) is 0 Å². The number of nitrogens with two attached hydrogens (primary N) is 2. The van der Waals surface area contributed by atoms with Gasteiger partial charge in [0.25, 0.3) is 0 Å². The molecule has 0 amide bonds. The van der Waals surface area contributed by atoms with Crippen molar-refractivity contribution in [2.75, 3.05) is 38.8 Å². The maximum atomic E-state index is 9.10. The number of hydrogen-bond donors (Lipinski definition) is 4. The summed E-state index contributed by atoms with van der Waals surface area (Å²) in [5.74, 6) is 3.06. The molecule has 0 aromatic heterocycles. The molecule has 0 spiro atoms. The maximum Gasteiger partial charge on any atom is 0.369 e. The van der Waals surface area contributed by atoms with Gasteiger partial charge in [-0.3, -0.25) is 0 Å². The Labute approximate surface area is 224 Å². The second-order valence-electron chi connectivity index (χ2n) is 5.19. The van der Waals surface area contributed by atoms with E-state index >= 15 is 0 Å². The molecular formula is C18H27BBr3ClN2O4S2. The lowest BCUT2D eigenvalue weighted by Crippen LogP contribution is -2.00. The van der Waals surface area contributed by atoms with Crippen molar-refractivity contribution in [2.24, 2.45) is 11.5 Å². The number of thioether (sulfide) groups is 2. The van der Waals surface area contributed by atoms with Gasteiger partial charge in [-0.05, 0) is 36.4 Å². The third-order valence-corrected chi connectivity index (χ3v) is 5.13. The van der Waals surface area contributed by atoms with Crippen LogP contribution in [0.15, 0.2) is 46.2 Å². The number of phenolic OH excluding ortho intramolecular Hbond substituents is 2. The van der Waals surface area contributed by atoms with Crippen LogP contribution in [0.4, 0.5) is 0 Å². The van der Waals surface area contributed by atoms with E-state index in [0.717, 1.165) is 32.8 Å². The molecule has 2 aromatic rings. The number of ether oxygens (including phenoxy) is 2. The largest absolute Gasteiger partial charge is 0.504 e. The molecule has 0 radical (unpaired) electrons. The Bertz CT molecular complexity index is 737. The van der Waals surface area contributed by atoms with E-state index in [1.54, 1.807) is 43.8 Å². The highest BCUT2D eigenvalue weighted by Gasteiger charge is 2.04. The van der Waals surface area contributed by atoms with Crippen LogP contribution in [0, 0.1) is 0 Å². The van der Waals surface area contributed by atoms with Crippen molar-refractivity contribution >= 4 is 86.4 Å². The molecule has 0 heterocycles. The van der Waals surface area contributed by atoms with E-state index < -0.39 is 0 Å². The van der Waals surface area contributed by atoms with Gasteiger partial charge in [0.05, 0.1) is 14.2 Å². The molecular weight excluding hydrogens is 658 g/mol. The lowest BCUT2D eigenvalue weighted by Gasteiger charge is -2.08. The molecule has 6 nitrogen and oxygen atoms in total. The summed E-state index contributed by atoms with van der Waals surface area (Å²) in [5.41, 5.74) is 10.7. The van der Waals surface area contributed by atoms with E-state index in [9.17, 15) is 0 Å². The number of phenols is 2. The minimum absolute atomic E-state index is 0. The van der Waals surface area contributed by atoms with Gasteiger partial charge in [0.2, 0.25) is 0 Å². The van der Waals surface area contributed by atoms with Crippen LogP contribution in [0.2, 0.25) is 0 Å². The lowest BCUT2D eigenvalue weighted by atomic mass is 10.3. The Morgan fingerprint density at radius 1 is 0.806 bits per heavy atom. The zero-order valence-corrected chi connectivity index (χ0v) is 24.3. The van der Waals surface area contributed by atoms with E-state index in [1.807, 2.05) is 18.2 Å². The van der Waals surface area contributed by atoms with Crippen LogP contribution in [0.1, 0.15) is 0 Å². The summed E-state index contributed by atoms with van der Waals surface area (Å²) in [7, 11) is 3.26. The quantitative estimate of drug-likeness (QED) is 0.164. The van der Waals surface area contributed by atoms with Gasteiger partial charge in [0.1, 0.15) is 0 Å². The second-order valence-corrected chi connectivity index (χ2v) is 14.0. The fourth-order valence-corrected chi connectivity index (χ4v) is 3.27. The molecule has 0 fully saturated rings. The van der Waals surface area contributed by atoms with Gasteiger partial charge < -0.3 is 31.2 Å². The first-order valence-electron chi connectivity index (χ1n) is 8.60. The fourth-order valence-electron chi connectivity index (χ4n) is 1.85. The highest BCUT2D eigenvalue weighted by atomic mass is 79.9. The van der Waals surface area contributed by atoms with Gasteiger partial charge in [0, 0.05) is 34.4 Å². The van der Waals surface area contributed by atoms with E-state index in [1.165, 1.54) is 12.1 Å². The Balaban J connectivity index is 0. The first-order valence-corrected chi connectivity index (χ1v) is 13.3. The van der Waals surface area contributed by atoms with Crippen molar-refractivity contribution in [1.82, 2.24) is 0 Å². The van der Waals surface area contributed by atoms with Crippen LogP contribution in [-0.4, -0.2) is 52.2 Å². The van der Waals surface area contributed by atoms with Crippen LogP contribution in [-0.2, 0) is 0 Å². The van der Waals surface area contributed by atoms with Gasteiger partial charge in [0.15, 0.2) is 23.0 Å². The Morgan fingerprint density at radius 2 is 1.26 bits per heavy atom. The SMILES string of the molecule is BrB(Br)Br.COc1ccc(SCCN)cc1OC.Cl.NCCSc1ccc(O)c(O)c1. The van der Waals surface area contributed by atoms with Gasteiger partial charge in [-0.2, -0.15) is 0 Å². The average Bonchev–Trinajstić information content (AvgIpc) is 2.73. The molecule has 31 heavy (non-hydrogen) atoms. The molecule has 176 valence electrons. The fraction of sp³-hybridized carbons (Fsp3) is 0.333. The number of methoxy groups -OCH3 is 2.